The molecule has 1 aromatic heterocycles. The first-order valence-corrected chi connectivity index (χ1v) is 5.87. The molecule has 0 saturated heterocycles. The zero-order valence-electron chi connectivity index (χ0n) is 11.1. The van der Waals surface area contributed by atoms with Crippen molar-refractivity contribution in [3.63, 3.8) is 0 Å². The Balaban J connectivity index is 2.48. The number of halogens is 1. The molecule has 0 aliphatic rings. The number of anilines is 3. The molecule has 5 nitrogen and oxygen atoms in total. The Morgan fingerprint density at radius 1 is 1.35 bits per heavy atom. The second kappa shape index (κ2) is 5.56. The monoisotopic (exact) mass is 275 g/mol. The Hall–Kier alpha value is -2.63. The summed E-state index contributed by atoms with van der Waals surface area (Å²) in [5.74, 6) is -0.675. The molecule has 0 saturated carbocycles. The Morgan fingerprint density at radius 3 is 2.70 bits per heavy atom. The average Bonchev–Trinajstić information content (AvgIpc) is 2.46. The number of esters is 1. The lowest BCUT2D eigenvalue weighted by Gasteiger charge is -2.21. The predicted octanol–water partition coefficient (Wildman–Crippen LogP) is 2.36. The molecule has 0 unspecified atom stereocenters. The van der Waals surface area contributed by atoms with Crippen LogP contribution in [0.4, 0.5) is 21.6 Å². The average molecular weight is 275 g/mol. The second-order valence-electron chi connectivity index (χ2n) is 4.10. The van der Waals surface area contributed by atoms with Crippen LogP contribution in [0.15, 0.2) is 36.5 Å². The van der Waals surface area contributed by atoms with Crippen molar-refractivity contribution in [1.82, 2.24) is 4.98 Å². The normalized spacial score (nSPS) is 10.2. The van der Waals surface area contributed by atoms with E-state index in [9.17, 15) is 9.18 Å². The maximum absolute atomic E-state index is 13.8. The highest BCUT2D eigenvalue weighted by molar-refractivity contribution is 5.98. The molecule has 2 aromatic rings. The molecule has 6 heteroatoms. The van der Waals surface area contributed by atoms with Crippen LogP contribution in [-0.2, 0) is 4.74 Å². The summed E-state index contributed by atoms with van der Waals surface area (Å²) in [4.78, 5) is 17.2. The van der Waals surface area contributed by atoms with Gasteiger partial charge < -0.3 is 15.4 Å². The molecule has 0 aliphatic heterocycles. The topological polar surface area (TPSA) is 68.5 Å². The lowest BCUT2D eigenvalue weighted by Crippen LogP contribution is -2.17. The highest BCUT2D eigenvalue weighted by Gasteiger charge is 2.18. The van der Waals surface area contributed by atoms with Gasteiger partial charge in [0.25, 0.3) is 0 Å². The van der Waals surface area contributed by atoms with Gasteiger partial charge in [-0.2, -0.15) is 0 Å². The number of para-hydroxylation sites is 1. The number of nitrogens with two attached hydrogens (primary N) is 1. The molecule has 0 atom stereocenters. The van der Waals surface area contributed by atoms with Crippen LogP contribution >= 0.6 is 0 Å². The summed E-state index contributed by atoms with van der Waals surface area (Å²) in [7, 11) is 2.89. The molecule has 20 heavy (non-hydrogen) atoms. The Kier molecular flexibility index (Phi) is 3.84. The van der Waals surface area contributed by atoms with Crippen molar-refractivity contribution >= 4 is 23.2 Å². The fourth-order valence-corrected chi connectivity index (χ4v) is 1.86. The van der Waals surface area contributed by atoms with Crippen molar-refractivity contribution in [1.29, 1.82) is 0 Å². The summed E-state index contributed by atoms with van der Waals surface area (Å²) in [6.45, 7) is 0. The highest BCUT2D eigenvalue weighted by Crippen LogP contribution is 2.30. The molecule has 2 N–H and O–H groups in total. The summed E-state index contributed by atoms with van der Waals surface area (Å²) >= 11 is 0. The van der Waals surface area contributed by atoms with E-state index in [2.05, 4.69) is 9.72 Å². The number of benzene rings is 1. The van der Waals surface area contributed by atoms with Gasteiger partial charge in [-0.15, -0.1) is 0 Å². The third kappa shape index (κ3) is 2.40. The summed E-state index contributed by atoms with van der Waals surface area (Å²) in [5, 5.41) is 0. The van der Waals surface area contributed by atoms with Gasteiger partial charge in [-0.3, -0.25) is 0 Å². The number of pyridine rings is 1. The smallest absolute Gasteiger partial charge is 0.340 e. The number of hydrogen-bond acceptors (Lipinski definition) is 5. The number of rotatable bonds is 3. The zero-order chi connectivity index (χ0) is 14.7. The van der Waals surface area contributed by atoms with Crippen LogP contribution in [0, 0.1) is 5.82 Å². The van der Waals surface area contributed by atoms with Gasteiger partial charge in [0.15, 0.2) is 5.82 Å². The standard InChI is InChI=1S/C14H14FN3O2/c1-18(11-6-4-3-5-10(11)15)13-12(16)9(7-8-17-13)14(19)20-2/h3-8H,16H2,1-2H3. The molecule has 0 radical (unpaired) electrons. The van der Waals surface area contributed by atoms with E-state index in [-0.39, 0.29) is 17.1 Å². The molecule has 0 bridgehead atoms. The van der Waals surface area contributed by atoms with Gasteiger partial charge in [0.2, 0.25) is 0 Å². The van der Waals surface area contributed by atoms with Gasteiger partial charge in [0.05, 0.1) is 24.0 Å². The van der Waals surface area contributed by atoms with Crippen molar-refractivity contribution in [2.45, 2.75) is 0 Å². The quantitative estimate of drug-likeness (QED) is 0.871. The van der Waals surface area contributed by atoms with E-state index in [0.717, 1.165) is 0 Å². The maximum Gasteiger partial charge on any atom is 0.340 e. The molecule has 2 rings (SSSR count). The molecule has 0 aliphatic carbocycles. The van der Waals surface area contributed by atoms with Gasteiger partial charge in [-0.25, -0.2) is 14.2 Å². The van der Waals surface area contributed by atoms with Crippen LogP contribution in [0.25, 0.3) is 0 Å². The first-order valence-electron chi connectivity index (χ1n) is 5.87. The van der Waals surface area contributed by atoms with Gasteiger partial charge in [0, 0.05) is 13.2 Å². The minimum Gasteiger partial charge on any atom is -0.465 e. The van der Waals surface area contributed by atoms with E-state index in [4.69, 9.17) is 5.73 Å². The summed E-state index contributed by atoms with van der Waals surface area (Å²) in [5.41, 5.74) is 6.57. The molecule has 1 heterocycles. The third-order valence-electron chi connectivity index (χ3n) is 2.91. The van der Waals surface area contributed by atoms with E-state index < -0.39 is 11.8 Å². The van der Waals surface area contributed by atoms with E-state index in [0.29, 0.717) is 5.69 Å². The summed E-state index contributed by atoms with van der Waals surface area (Å²) in [6.07, 6.45) is 1.43. The second-order valence-corrected chi connectivity index (χ2v) is 4.10. The zero-order valence-corrected chi connectivity index (χ0v) is 11.1. The molecule has 0 spiro atoms. The number of aromatic nitrogens is 1. The van der Waals surface area contributed by atoms with Gasteiger partial charge >= 0.3 is 5.97 Å². The van der Waals surface area contributed by atoms with Crippen LogP contribution in [0.5, 0.6) is 0 Å². The van der Waals surface area contributed by atoms with E-state index in [1.54, 1.807) is 25.2 Å². The van der Waals surface area contributed by atoms with Crippen LogP contribution in [-0.4, -0.2) is 25.1 Å². The maximum atomic E-state index is 13.8. The highest BCUT2D eigenvalue weighted by atomic mass is 19.1. The first kappa shape index (κ1) is 13.8. The van der Waals surface area contributed by atoms with Crippen molar-refractivity contribution in [2.75, 3.05) is 24.8 Å². The Morgan fingerprint density at radius 2 is 2.05 bits per heavy atom. The van der Waals surface area contributed by atoms with Gasteiger partial charge in [-0.05, 0) is 18.2 Å². The summed E-state index contributed by atoms with van der Waals surface area (Å²) < 4.78 is 18.4. The number of ether oxygens (including phenoxy) is 1. The molecular weight excluding hydrogens is 261 g/mol. The third-order valence-corrected chi connectivity index (χ3v) is 2.91. The van der Waals surface area contributed by atoms with Crippen molar-refractivity contribution < 1.29 is 13.9 Å². The van der Waals surface area contributed by atoms with Gasteiger partial charge in [-0.1, -0.05) is 12.1 Å². The first-order chi connectivity index (χ1) is 9.56. The largest absolute Gasteiger partial charge is 0.465 e. The summed E-state index contributed by atoms with van der Waals surface area (Å²) in [6, 6.07) is 7.69. The minimum absolute atomic E-state index is 0.144. The van der Waals surface area contributed by atoms with E-state index >= 15 is 0 Å². The fraction of sp³-hybridized carbons (Fsp3) is 0.143. The number of carbonyl (C=O) groups excluding carboxylic acids is 1. The van der Waals surface area contributed by atoms with Crippen molar-refractivity contribution in [3.8, 4) is 0 Å². The molecular formula is C14H14FN3O2. The minimum atomic E-state index is -0.562. The van der Waals surface area contributed by atoms with Crippen LogP contribution in [0.1, 0.15) is 10.4 Å². The van der Waals surface area contributed by atoms with Crippen LogP contribution in [0.3, 0.4) is 0 Å². The lowest BCUT2D eigenvalue weighted by molar-refractivity contribution is 0.0602. The number of nitrogen functional groups attached to an aromatic ring is 1. The van der Waals surface area contributed by atoms with E-state index in [1.807, 2.05) is 0 Å². The molecule has 1 aromatic carbocycles. The Bertz CT molecular complexity index is 646. The lowest BCUT2D eigenvalue weighted by atomic mass is 10.2. The van der Waals surface area contributed by atoms with Crippen LogP contribution < -0.4 is 10.6 Å². The number of methoxy groups -OCH3 is 1. The fourth-order valence-electron chi connectivity index (χ4n) is 1.86. The van der Waals surface area contributed by atoms with Crippen LogP contribution in [0.2, 0.25) is 0 Å². The van der Waals surface area contributed by atoms with E-state index in [1.165, 1.54) is 30.3 Å². The van der Waals surface area contributed by atoms with Crippen molar-refractivity contribution in [2.24, 2.45) is 0 Å². The number of nitrogens with zero attached hydrogens (tertiary/aromatic N) is 2. The predicted molar refractivity (Wildman–Crippen MR) is 74.5 cm³/mol. The Labute approximate surface area is 115 Å². The van der Waals surface area contributed by atoms with Crippen molar-refractivity contribution in [3.05, 3.63) is 47.9 Å². The molecule has 0 fully saturated rings. The SMILES string of the molecule is COC(=O)c1ccnc(N(C)c2ccccc2F)c1N. The number of hydrogen-bond donors (Lipinski definition) is 1. The number of carbonyl (C=O) groups is 1. The van der Waals surface area contributed by atoms with Gasteiger partial charge in [0.1, 0.15) is 5.82 Å². The molecule has 104 valence electrons. The molecule has 0 amide bonds.